The van der Waals surface area contributed by atoms with Crippen molar-refractivity contribution in [3.05, 3.63) is 29.8 Å². The molecule has 0 aliphatic heterocycles. The largest absolute Gasteiger partial charge is 0.326 e. The zero-order valence-corrected chi connectivity index (χ0v) is 11.2. The minimum absolute atomic E-state index is 0.137. The third kappa shape index (κ3) is 3.81. The lowest BCUT2D eigenvalue weighted by molar-refractivity contribution is 0.481. The van der Waals surface area contributed by atoms with Gasteiger partial charge in [0.2, 0.25) is 10.0 Å². The second-order valence-electron chi connectivity index (χ2n) is 4.40. The molecule has 0 radical (unpaired) electrons. The summed E-state index contributed by atoms with van der Waals surface area (Å²) in [6.07, 6.45) is 0. The average molecular weight is 267 g/mol. The van der Waals surface area contributed by atoms with E-state index in [1.807, 2.05) is 19.9 Å². The minimum atomic E-state index is -3.55. The quantitative estimate of drug-likeness (QED) is 0.825. The van der Waals surface area contributed by atoms with E-state index in [1.54, 1.807) is 0 Å². The van der Waals surface area contributed by atoms with Crippen LogP contribution in [-0.2, 0) is 10.0 Å². The lowest BCUT2D eigenvalue weighted by Crippen LogP contribution is -2.40. The monoisotopic (exact) mass is 267 g/mol. The van der Waals surface area contributed by atoms with Gasteiger partial charge in [0.1, 0.15) is 0 Å². The van der Waals surface area contributed by atoms with Gasteiger partial charge in [0.05, 0.1) is 16.5 Å². The van der Waals surface area contributed by atoms with Crippen LogP contribution in [0.5, 0.6) is 0 Å². The van der Waals surface area contributed by atoms with E-state index in [0.717, 1.165) is 0 Å². The van der Waals surface area contributed by atoms with E-state index in [0.29, 0.717) is 5.56 Å². The highest BCUT2D eigenvalue weighted by molar-refractivity contribution is 7.89. The van der Waals surface area contributed by atoms with E-state index in [1.165, 1.54) is 24.3 Å². The van der Waals surface area contributed by atoms with E-state index < -0.39 is 10.0 Å². The molecule has 0 heterocycles. The molecule has 0 spiro atoms. The van der Waals surface area contributed by atoms with Crippen molar-refractivity contribution in [2.24, 2.45) is 11.7 Å². The van der Waals surface area contributed by atoms with E-state index in [4.69, 9.17) is 11.0 Å². The molecule has 0 amide bonds. The van der Waals surface area contributed by atoms with Gasteiger partial charge in [-0.2, -0.15) is 5.26 Å². The lowest BCUT2D eigenvalue weighted by Gasteiger charge is -2.16. The Labute approximate surface area is 108 Å². The summed E-state index contributed by atoms with van der Waals surface area (Å²) in [5.74, 6) is 0.202. The Morgan fingerprint density at radius 1 is 1.33 bits per heavy atom. The maximum atomic E-state index is 11.9. The Morgan fingerprint density at radius 2 is 1.89 bits per heavy atom. The number of hydrogen-bond donors (Lipinski definition) is 2. The highest BCUT2D eigenvalue weighted by Crippen LogP contribution is 2.10. The fourth-order valence-electron chi connectivity index (χ4n) is 1.23. The van der Waals surface area contributed by atoms with Crippen LogP contribution in [0.3, 0.4) is 0 Å². The number of benzene rings is 1. The van der Waals surface area contributed by atoms with E-state index in [-0.39, 0.29) is 23.4 Å². The first-order valence-electron chi connectivity index (χ1n) is 5.62. The van der Waals surface area contributed by atoms with Gasteiger partial charge in [-0.3, -0.25) is 0 Å². The molecule has 0 aromatic heterocycles. The predicted molar refractivity (Wildman–Crippen MR) is 69.2 cm³/mol. The van der Waals surface area contributed by atoms with Crippen LogP contribution in [0.4, 0.5) is 0 Å². The molecule has 0 saturated carbocycles. The smallest absolute Gasteiger partial charge is 0.240 e. The van der Waals surface area contributed by atoms with Gasteiger partial charge in [-0.15, -0.1) is 0 Å². The summed E-state index contributed by atoms with van der Waals surface area (Å²) in [5, 5.41) is 8.64. The SMILES string of the molecule is CC(C)C(N)CNS(=O)(=O)c1ccc(C#N)cc1. The number of nitrogens with zero attached hydrogens (tertiary/aromatic N) is 1. The molecule has 1 atom stereocenters. The first kappa shape index (κ1) is 14.6. The molecule has 98 valence electrons. The lowest BCUT2D eigenvalue weighted by atomic mass is 10.1. The summed E-state index contributed by atoms with van der Waals surface area (Å²) in [6, 6.07) is 7.46. The van der Waals surface area contributed by atoms with E-state index in [2.05, 4.69) is 4.72 Å². The molecule has 1 unspecified atom stereocenters. The van der Waals surface area contributed by atoms with Crippen molar-refractivity contribution in [2.75, 3.05) is 6.54 Å². The highest BCUT2D eigenvalue weighted by Gasteiger charge is 2.16. The van der Waals surface area contributed by atoms with Gasteiger partial charge in [-0.05, 0) is 30.2 Å². The Bertz CT molecular complexity index is 529. The number of sulfonamides is 1. The van der Waals surface area contributed by atoms with Crippen LogP contribution in [0.15, 0.2) is 29.2 Å². The number of rotatable bonds is 5. The molecule has 1 rings (SSSR count). The Morgan fingerprint density at radius 3 is 2.33 bits per heavy atom. The Balaban J connectivity index is 2.77. The molecular formula is C12H17N3O2S. The molecule has 0 saturated heterocycles. The van der Waals surface area contributed by atoms with Crippen LogP contribution in [0.25, 0.3) is 0 Å². The third-order valence-electron chi connectivity index (χ3n) is 2.66. The molecule has 3 N–H and O–H groups in total. The molecule has 18 heavy (non-hydrogen) atoms. The number of nitrogens with two attached hydrogens (primary N) is 1. The minimum Gasteiger partial charge on any atom is -0.326 e. The van der Waals surface area contributed by atoms with Crippen molar-refractivity contribution in [2.45, 2.75) is 24.8 Å². The van der Waals surface area contributed by atoms with Crippen molar-refractivity contribution in [1.29, 1.82) is 5.26 Å². The summed E-state index contributed by atoms with van der Waals surface area (Å²) in [6.45, 7) is 4.06. The average Bonchev–Trinajstić information content (AvgIpc) is 2.36. The van der Waals surface area contributed by atoms with Crippen LogP contribution in [-0.4, -0.2) is 21.0 Å². The van der Waals surface area contributed by atoms with Crippen molar-refractivity contribution in [3.8, 4) is 6.07 Å². The summed E-state index contributed by atoms with van der Waals surface area (Å²) >= 11 is 0. The van der Waals surface area contributed by atoms with Crippen molar-refractivity contribution < 1.29 is 8.42 Å². The van der Waals surface area contributed by atoms with E-state index >= 15 is 0 Å². The van der Waals surface area contributed by atoms with Crippen LogP contribution in [0.1, 0.15) is 19.4 Å². The van der Waals surface area contributed by atoms with Gasteiger partial charge in [0, 0.05) is 12.6 Å². The van der Waals surface area contributed by atoms with Crippen molar-refractivity contribution in [1.82, 2.24) is 4.72 Å². The standard InChI is InChI=1S/C12H17N3O2S/c1-9(2)12(14)8-15-18(16,17)11-5-3-10(7-13)4-6-11/h3-6,9,12,15H,8,14H2,1-2H3. The van der Waals surface area contributed by atoms with Crippen LogP contribution >= 0.6 is 0 Å². The molecule has 0 fully saturated rings. The van der Waals surface area contributed by atoms with Gasteiger partial charge < -0.3 is 5.73 Å². The first-order valence-corrected chi connectivity index (χ1v) is 7.10. The third-order valence-corrected chi connectivity index (χ3v) is 4.10. The second kappa shape index (κ2) is 5.96. The van der Waals surface area contributed by atoms with Gasteiger partial charge in [0.15, 0.2) is 0 Å². The number of nitrogens with one attached hydrogen (secondary N) is 1. The number of hydrogen-bond acceptors (Lipinski definition) is 4. The van der Waals surface area contributed by atoms with E-state index in [9.17, 15) is 8.42 Å². The van der Waals surface area contributed by atoms with Gasteiger partial charge in [-0.25, -0.2) is 13.1 Å². The first-order chi connectivity index (χ1) is 8.36. The summed E-state index contributed by atoms with van der Waals surface area (Å²) in [7, 11) is -3.55. The zero-order chi connectivity index (χ0) is 13.8. The summed E-state index contributed by atoms with van der Waals surface area (Å²) in [5.41, 5.74) is 6.20. The van der Waals surface area contributed by atoms with Gasteiger partial charge in [-0.1, -0.05) is 13.8 Å². The molecule has 1 aromatic rings. The topological polar surface area (TPSA) is 96.0 Å². The normalized spacial score (nSPS) is 13.3. The maximum Gasteiger partial charge on any atom is 0.240 e. The van der Waals surface area contributed by atoms with Crippen LogP contribution < -0.4 is 10.5 Å². The molecule has 0 aliphatic rings. The molecule has 0 aliphatic carbocycles. The fraction of sp³-hybridized carbons (Fsp3) is 0.417. The highest BCUT2D eigenvalue weighted by atomic mass is 32.2. The summed E-state index contributed by atoms with van der Waals surface area (Å²) in [4.78, 5) is 0.137. The van der Waals surface area contributed by atoms with Crippen LogP contribution in [0.2, 0.25) is 0 Å². The molecule has 1 aromatic carbocycles. The number of nitriles is 1. The van der Waals surface area contributed by atoms with Crippen LogP contribution in [0, 0.1) is 17.2 Å². The maximum absolute atomic E-state index is 11.9. The Kier molecular flexibility index (Phi) is 4.84. The fourth-order valence-corrected chi connectivity index (χ4v) is 2.31. The molecule has 5 nitrogen and oxygen atoms in total. The van der Waals surface area contributed by atoms with Crippen molar-refractivity contribution in [3.63, 3.8) is 0 Å². The molecular weight excluding hydrogens is 250 g/mol. The van der Waals surface area contributed by atoms with Gasteiger partial charge >= 0.3 is 0 Å². The second-order valence-corrected chi connectivity index (χ2v) is 6.16. The zero-order valence-electron chi connectivity index (χ0n) is 10.4. The molecule has 6 heteroatoms. The van der Waals surface area contributed by atoms with Gasteiger partial charge in [0.25, 0.3) is 0 Å². The predicted octanol–water partition coefficient (Wildman–Crippen LogP) is 0.820. The Hall–Kier alpha value is -1.42. The summed E-state index contributed by atoms with van der Waals surface area (Å²) < 4.78 is 26.3. The molecule has 0 bridgehead atoms. The van der Waals surface area contributed by atoms with Crippen molar-refractivity contribution >= 4 is 10.0 Å².